The maximum Gasteiger partial charge on any atom is 0.246 e. The molecule has 0 spiro atoms. The van der Waals surface area contributed by atoms with Crippen LogP contribution in [0.3, 0.4) is 0 Å². The lowest BCUT2D eigenvalue weighted by Crippen LogP contribution is -2.32. The van der Waals surface area contributed by atoms with Gasteiger partial charge in [0.15, 0.2) is 5.15 Å². The van der Waals surface area contributed by atoms with Crippen molar-refractivity contribution in [1.82, 2.24) is 14.8 Å². The molecule has 1 aromatic carbocycles. The van der Waals surface area contributed by atoms with Gasteiger partial charge in [0.1, 0.15) is 6.04 Å². The van der Waals surface area contributed by atoms with Crippen molar-refractivity contribution < 1.29 is 4.79 Å². The first-order chi connectivity index (χ1) is 12.1. The van der Waals surface area contributed by atoms with Gasteiger partial charge >= 0.3 is 0 Å². The molecule has 0 bridgehead atoms. The zero-order valence-electron chi connectivity index (χ0n) is 13.7. The number of rotatable bonds is 6. The Bertz CT molecular complexity index is 850. The molecule has 0 radical (unpaired) electrons. The molecule has 0 aliphatic carbocycles. The second kappa shape index (κ2) is 7.81. The highest BCUT2D eigenvalue weighted by atomic mass is 35.5. The molecule has 2 heterocycles. The number of anilines is 2. The van der Waals surface area contributed by atoms with Crippen molar-refractivity contribution in [3.8, 4) is 0 Å². The number of halogens is 1. The van der Waals surface area contributed by atoms with E-state index in [-0.39, 0.29) is 11.1 Å². The first-order valence-corrected chi connectivity index (χ1v) is 8.24. The van der Waals surface area contributed by atoms with Gasteiger partial charge in [-0.2, -0.15) is 5.10 Å². The second-order valence-electron chi connectivity index (χ2n) is 5.60. The van der Waals surface area contributed by atoms with Gasteiger partial charge < -0.3 is 10.6 Å². The van der Waals surface area contributed by atoms with Crippen molar-refractivity contribution in [3.63, 3.8) is 0 Å². The molecule has 3 rings (SSSR count). The van der Waals surface area contributed by atoms with Crippen LogP contribution in [0.2, 0.25) is 5.15 Å². The summed E-state index contributed by atoms with van der Waals surface area (Å²) in [5.74, 6) is -0.188. The van der Waals surface area contributed by atoms with Crippen molar-refractivity contribution in [3.05, 3.63) is 71.8 Å². The van der Waals surface area contributed by atoms with Gasteiger partial charge in [0.05, 0.1) is 12.2 Å². The smallest absolute Gasteiger partial charge is 0.246 e. The van der Waals surface area contributed by atoms with E-state index in [1.807, 2.05) is 41.2 Å². The van der Waals surface area contributed by atoms with Gasteiger partial charge in [-0.15, -0.1) is 0 Å². The van der Waals surface area contributed by atoms with E-state index in [1.165, 1.54) is 0 Å². The molecule has 25 heavy (non-hydrogen) atoms. The summed E-state index contributed by atoms with van der Waals surface area (Å²) >= 11 is 5.97. The van der Waals surface area contributed by atoms with E-state index in [4.69, 9.17) is 11.6 Å². The van der Waals surface area contributed by atoms with Crippen LogP contribution in [0.4, 0.5) is 11.4 Å². The van der Waals surface area contributed by atoms with Crippen LogP contribution in [0.1, 0.15) is 12.5 Å². The van der Waals surface area contributed by atoms with Crippen molar-refractivity contribution in [1.29, 1.82) is 0 Å². The van der Waals surface area contributed by atoms with Crippen molar-refractivity contribution >= 4 is 28.9 Å². The third kappa shape index (κ3) is 4.58. The van der Waals surface area contributed by atoms with Crippen LogP contribution in [-0.4, -0.2) is 26.7 Å². The molecule has 3 aromatic rings. The summed E-state index contributed by atoms with van der Waals surface area (Å²) in [5, 5.41) is 10.4. The van der Waals surface area contributed by atoms with Gasteiger partial charge in [0, 0.05) is 24.3 Å². The molecule has 2 N–H and O–H groups in total. The van der Waals surface area contributed by atoms with Crippen LogP contribution in [0, 0.1) is 0 Å². The highest BCUT2D eigenvalue weighted by molar-refractivity contribution is 6.32. The first kappa shape index (κ1) is 17.0. The molecular weight excluding hydrogens is 338 g/mol. The summed E-state index contributed by atoms with van der Waals surface area (Å²) in [7, 11) is 0. The highest BCUT2D eigenvalue weighted by Gasteiger charge is 2.14. The SMILES string of the molecule is CC(Nc1cccc(Cn2cccn2)c1)C(=O)Nc1cccnc1Cl. The van der Waals surface area contributed by atoms with Gasteiger partial charge in [0.25, 0.3) is 0 Å². The van der Waals surface area contributed by atoms with E-state index in [2.05, 4.69) is 20.7 Å². The minimum atomic E-state index is -0.434. The zero-order chi connectivity index (χ0) is 17.6. The number of aromatic nitrogens is 3. The molecule has 7 heteroatoms. The summed E-state index contributed by atoms with van der Waals surface area (Å²) in [6.07, 6.45) is 5.23. The number of hydrogen-bond acceptors (Lipinski definition) is 4. The van der Waals surface area contributed by atoms with E-state index < -0.39 is 6.04 Å². The van der Waals surface area contributed by atoms with Crippen LogP contribution in [0.5, 0.6) is 0 Å². The fourth-order valence-corrected chi connectivity index (χ4v) is 2.54. The van der Waals surface area contributed by atoms with Gasteiger partial charge in [-0.3, -0.25) is 9.48 Å². The quantitative estimate of drug-likeness (QED) is 0.664. The lowest BCUT2D eigenvalue weighted by Gasteiger charge is -2.16. The fourth-order valence-electron chi connectivity index (χ4n) is 2.38. The number of hydrogen-bond donors (Lipinski definition) is 2. The van der Waals surface area contributed by atoms with Crippen molar-refractivity contribution in [2.45, 2.75) is 19.5 Å². The monoisotopic (exact) mass is 355 g/mol. The molecule has 1 unspecified atom stereocenters. The standard InChI is InChI=1S/C18H18ClN5O/c1-13(18(25)23-16-7-3-8-20-17(16)19)22-15-6-2-5-14(11-15)12-24-10-4-9-21-24/h2-11,13,22H,12H2,1H3,(H,23,25). The number of benzene rings is 1. The largest absolute Gasteiger partial charge is 0.374 e. The lowest BCUT2D eigenvalue weighted by atomic mass is 10.2. The molecule has 1 amide bonds. The number of carbonyl (C=O) groups excluding carboxylic acids is 1. The number of carbonyl (C=O) groups is 1. The zero-order valence-corrected chi connectivity index (χ0v) is 14.4. The fraction of sp³-hybridized carbons (Fsp3) is 0.167. The number of pyridine rings is 1. The number of nitrogens with zero attached hydrogens (tertiary/aromatic N) is 3. The van der Waals surface area contributed by atoms with Crippen LogP contribution in [-0.2, 0) is 11.3 Å². The maximum absolute atomic E-state index is 12.3. The van der Waals surface area contributed by atoms with Crippen LogP contribution >= 0.6 is 11.6 Å². The molecule has 1 atom stereocenters. The topological polar surface area (TPSA) is 71.8 Å². The molecular formula is C18H18ClN5O. The Labute approximate surface area is 150 Å². The lowest BCUT2D eigenvalue weighted by molar-refractivity contribution is -0.116. The van der Waals surface area contributed by atoms with Crippen molar-refractivity contribution in [2.75, 3.05) is 10.6 Å². The normalized spacial score (nSPS) is 11.8. The minimum absolute atomic E-state index is 0.188. The Balaban J connectivity index is 1.63. The molecule has 0 aliphatic rings. The van der Waals surface area contributed by atoms with Gasteiger partial charge in [0.2, 0.25) is 5.91 Å². The van der Waals surface area contributed by atoms with Crippen LogP contribution < -0.4 is 10.6 Å². The molecule has 128 valence electrons. The van der Waals surface area contributed by atoms with E-state index in [9.17, 15) is 4.79 Å². The highest BCUT2D eigenvalue weighted by Crippen LogP contribution is 2.18. The molecule has 2 aromatic heterocycles. The van der Waals surface area contributed by atoms with E-state index in [0.717, 1.165) is 11.3 Å². The Morgan fingerprint density at radius 1 is 1.24 bits per heavy atom. The molecule has 0 fully saturated rings. The average Bonchev–Trinajstić information content (AvgIpc) is 3.10. The molecule has 6 nitrogen and oxygen atoms in total. The Morgan fingerprint density at radius 3 is 2.88 bits per heavy atom. The molecule has 0 saturated carbocycles. The summed E-state index contributed by atoms with van der Waals surface area (Å²) < 4.78 is 1.85. The van der Waals surface area contributed by atoms with E-state index >= 15 is 0 Å². The number of nitrogens with one attached hydrogen (secondary N) is 2. The average molecular weight is 356 g/mol. The summed E-state index contributed by atoms with van der Waals surface area (Å²) in [6.45, 7) is 2.47. The predicted octanol–water partition coefficient (Wildman–Crippen LogP) is 3.42. The molecule has 0 aliphatic heterocycles. The first-order valence-electron chi connectivity index (χ1n) is 7.86. The second-order valence-corrected chi connectivity index (χ2v) is 5.96. The third-order valence-electron chi connectivity index (χ3n) is 3.62. The Morgan fingerprint density at radius 2 is 2.12 bits per heavy atom. The number of amides is 1. The summed E-state index contributed by atoms with van der Waals surface area (Å²) in [4.78, 5) is 16.3. The Kier molecular flexibility index (Phi) is 5.30. The predicted molar refractivity (Wildman–Crippen MR) is 98.7 cm³/mol. The summed E-state index contributed by atoms with van der Waals surface area (Å²) in [6, 6.07) is 12.8. The summed E-state index contributed by atoms with van der Waals surface area (Å²) in [5.41, 5.74) is 2.46. The van der Waals surface area contributed by atoms with E-state index in [0.29, 0.717) is 12.2 Å². The maximum atomic E-state index is 12.3. The van der Waals surface area contributed by atoms with E-state index in [1.54, 1.807) is 31.5 Å². The van der Waals surface area contributed by atoms with Crippen LogP contribution in [0.25, 0.3) is 0 Å². The van der Waals surface area contributed by atoms with Gasteiger partial charge in [-0.25, -0.2) is 4.98 Å². The molecule has 0 saturated heterocycles. The van der Waals surface area contributed by atoms with Crippen molar-refractivity contribution in [2.24, 2.45) is 0 Å². The van der Waals surface area contributed by atoms with Gasteiger partial charge in [-0.1, -0.05) is 23.7 Å². The minimum Gasteiger partial charge on any atom is -0.374 e. The van der Waals surface area contributed by atoms with Crippen LogP contribution in [0.15, 0.2) is 61.1 Å². The third-order valence-corrected chi connectivity index (χ3v) is 3.93. The Hall–Kier alpha value is -2.86. The van der Waals surface area contributed by atoms with Gasteiger partial charge in [-0.05, 0) is 42.8 Å².